The summed E-state index contributed by atoms with van der Waals surface area (Å²) in [4.78, 5) is 0. The van der Waals surface area contributed by atoms with E-state index < -0.39 is 0 Å². The monoisotopic (exact) mass is 246 g/mol. The number of hydrogen-bond donors (Lipinski definition) is 1. The van der Waals surface area contributed by atoms with Gasteiger partial charge in [-0.1, -0.05) is 6.92 Å². The third kappa shape index (κ3) is 2.92. The van der Waals surface area contributed by atoms with Crippen LogP contribution in [0, 0.1) is 12.7 Å². The lowest BCUT2D eigenvalue weighted by atomic mass is 10.2. The Morgan fingerprint density at radius 3 is 2.83 bits per heavy atom. The number of hydrogen-bond acceptors (Lipinski definition) is 1. The molecule has 0 saturated carbocycles. The van der Waals surface area contributed by atoms with E-state index in [0.29, 0.717) is 0 Å². The van der Waals surface area contributed by atoms with Gasteiger partial charge in [0.05, 0.1) is 6.54 Å². The summed E-state index contributed by atoms with van der Waals surface area (Å²) in [6.07, 6.45) is 3.22. The molecule has 0 spiro atoms. The smallest absolute Gasteiger partial charge is 0.123 e. The summed E-state index contributed by atoms with van der Waals surface area (Å²) in [5.74, 6) is -0.188. The van der Waals surface area contributed by atoms with Gasteiger partial charge in [-0.05, 0) is 49.2 Å². The van der Waals surface area contributed by atoms with Crippen LogP contribution in [0.2, 0.25) is 0 Å². The fourth-order valence-corrected chi connectivity index (χ4v) is 2.08. The Morgan fingerprint density at radius 1 is 1.28 bits per heavy atom. The van der Waals surface area contributed by atoms with Gasteiger partial charge < -0.3 is 9.88 Å². The molecule has 0 atom stereocenters. The van der Waals surface area contributed by atoms with E-state index in [-0.39, 0.29) is 5.82 Å². The minimum Gasteiger partial charge on any atom is -0.379 e. The van der Waals surface area contributed by atoms with Gasteiger partial charge in [0.2, 0.25) is 0 Å². The predicted molar refractivity (Wildman–Crippen MR) is 73.2 cm³/mol. The lowest BCUT2D eigenvalue weighted by Gasteiger charge is -2.12. The fraction of sp³-hybridized carbons (Fsp3) is 0.333. The number of nitrogens with one attached hydrogen (secondary N) is 1. The van der Waals surface area contributed by atoms with Crippen LogP contribution in [0.4, 0.5) is 10.1 Å². The van der Waals surface area contributed by atoms with Crippen LogP contribution in [0.5, 0.6) is 0 Å². The quantitative estimate of drug-likeness (QED) is 0.845. The largest absolute Gasteiger partial charge is 0.379 e. The number of aromatic nitrogens is 1. The summed E-state index contributed by atoms with van der Waals surface area (Å²) in [6, 6.07) is 9.00. The summed E-state index contributed by atoms with van der Waals surface area (Å²) in [6.45, 7) is 5.88. The summed E-state index contributed by atoms with van der Waals surface area (Å²) >= 11 is 0. The van der Waals surface area contributed by atoms with Crippen LogP contribution in [-0.2, 0) is 13.1 Å². The average Bonchev–Trinajstić information content (AvgIpc) is 2.76. The molecule has 0 aliphatic rings. The number of halogens is 1. The Kier molecular flexibility index (Phi) is 4.03. The molecule has 1 heterocycles. The van der Waals surface area contributed by atoms with Gasteiger partial charge in [0.25, 0.3) is 0 Å². The molecule has 2 nitrogen and oxygen atoms in total. The van der Waals surface area contributed by atoms with Crippen molar-refractivity contribution in [3.63, 3.8) is 0 Å². The maximum atomic E-state index is 13.0. The molecule has 1 N–H and O–H groups in total. The van der Waals surface area contributed by atoms with Crippen molar-refractivity contribution < 1.29 is 4.39 Å². The van der Waals surface area contributed by atoms with Crippen molar-refractivity contribution in [1.82, 2.24) is 4.57 Å². The van der Waals surface area contributed by atoms with Gasteiger partial charge in [0.15, 0.2) is 0 Å². The molecule has 0 aliphatic carbocycles. The van der Waals surface area contributed by atoms with Gasteiger partial charge in [-0.3, -0.25) is 0 Å². The summed E-state index contributed by atoms with van der Waals surface area (Å²) in [7, 11) is 0. The van der Waals surface area contributed by atoms with Crippen molar-refractivity contribution in [3.8, 4) is 0 Å². The molecule has 3 heteroatoms. The SMILES string of the molecule is CCCn1cccc1CNc1ccc(F)cc1C. The number of benzene rings is 1. The lowest BCUT2D eigenvalue weighted by Crippen LogP contribution is -2.07. The number of anilines is 1. The predicted octanol–water partition coefficient (Wildman–Crippen LogP) is 3.96. The second-order valence-electron chi connectivity index (χ2n) is 4.51. The maximum absolute atomic E-state index is 13.0. The highest BCUT2D eigenvalue weighted by Crippen LogP contribution is 2.17. The van der Waals surface area contributed by atoms with Crippen molar-refractivity contribution in [2.75, 3.05) is 5.32 Å². The van der Waals surface area contributed by atoms with E-state index in [4.69, 9.17) is 0 Å². The number of nitrogens with zero attached hydrogens (tertiary/aromatic N) is 1. The fourth-order valence-electron chi connectivity index (χ4n) is 2.08. The highest BCUT2D eigenvalue weighted by Gasteiger charge is 2.02. The van der Waals surface area contributed by atoms with Crippen LogP contribution in [0.1, 0.15) is 24.6 Å². The van der Waals surface area contributed by atoms with Crippen LogP contribution in [-0.4, -0.2) is 4.57 Å². The molecular weight excluding hydrogens is 227 g/mol. The van der Waals surface area contributed by atoms with Gasteiger partial charge in [-0.25, -0.2) is 4.39 Å². The van der Waals surface area contributed by atoms with Gasteiger partial charge in [0.1, 0.15) is 5.82 Å². The number of aryl methyl sites for hydroxylation is 2. The van der Waals surface area contributed by atoms with E-state index in [9.17, 15) is 4.39 Å². The Bertz CT molecular complexity index is 517. The highest BCUT2D eigenvalue weighted by molar-refractivity contribution is 5.50. The Balaban J connectivity index is 2.04. The van der Waals surface area contributed by atoms with E-state index in [1.54, 1.807) is 12.1 Å². The number of rotatable bonds is 5. The zero-order valence-corrected chi connectivity index (χ0v) is 10.9. The maximum Gasteiger partial charge on any atom is 0.123 e. The first-order valence-corrected chi connectivity index (χ1v) is 6.34. The van der Waals surface area contributed by atoms with E-state index in [0.717, 1.165) is 30.8 Å². The molecule has 0 aliphatic heterocycles. The van der Waals surface area contributed by atoms with Crippen molar-refractivity contribution in [1.29, 1.82) is 0 Å². The van der Waals surface area contributed by atoms with Crippen LogP contribution in [0.3, 0.4) is 0 Å². The van der Waals surface area contributed by atoms with Gasteiger partial charge >= 0.3 is 0 Å². The minimum absolute atomic E-state index is 0.188. The van der Waals surface area contributed by atoms with Gasteiger partial charge in [0, 0.05) is 24.1 Å². The minimum atomic E-state index is -0.188. The molecule has 0 fully saturated rings. The van der Waals surface area contributed by atoms with Crippen LogP contribution in [0.25, 0.3) is 0 Å². The Labute approximate surface area is 107 Å². The Hall–Kier alpha value is -1.77. The van der Waals surface area contributed by atoms with Crippen molar-refractivity contribution in [3.05, 3.63) is 53.6 Å². The molecule has 0 unspecified atom stereocenters. The third-order valence-corrected chi connectivity index (χ3v) is 3.04. The topological polar surface area (TPSA) is 17.0 Å². The average molecular weight is 246 g/mol. The normalized spacial score (nSPS) is 10.6. The molecule has 96 valence electrons. The first-order chi connectivity index (χ1) is 8.70. The van der Waals surface area contributed by atoms with Crippen LogP contribution < -0.4 is 5.32 Å². The molecule has 1 aromatic heterocycles. The lowest BCUT2D eigenvalue weighted by molar-refractivity contribution is 0.626. The first kappa shape index (κ1) is 12.7. The van der Waals surface area contributed by atoms with E-state index in [2.05, 4.69) is 35.1 Å². The molecule has 0 radical (unpaired) electrons. The molecule has 0 amide bonds. The van der Waals surface area contributed by atoms with Gasteiger partial charge in [-0.15, -0.1) is 0 Å². The summed E-state index contributed by atoms with van der Waals surface area (Å²) in [5, 5.41) is 3.35. The molecule has 2 rings (SSSR count). The van der Waals surface area contributed by atoms with Crippen molar-refractivity contribution in [2.24, 2.45) is 0 Å². The van der Waals surface area contributed by atoms with Crippen molar-refractivity contribution in [2.45, 2.75) is 33.4 Å². The zero-order valence-electron chi connectivity index (χ0n) is 10.9. The standard InChI is InChI=1S/C15H19FN2/c1-3-8-18-9-4-5-14(18)11-17-15-7-6-13(16)10-12(15)2/h4-7,9-10,17H,3,8,11H2,1-2H3. The van der Waals surface area contributed by atoms with Crippen LogP contribution >= 0.6 is 0 Å². The second kappa shape index (κ2) is 5.71. The molecule has 18 heavy (non-hydrogen) atoms. The van der Waals surface area contributed by atoms with E-state index in [1.807, 2.05) is 6.92 Å². The highest BCUT2D eigenvalue weighted by atomic mass is 19.1. The summed E-state index contributed by atoms with van der Waals surface area (Å²) < 4.78 is 15.2. The van der Waals surface area contributed by atoms with Gasteiger partial charge in [-0.2, -0.15) is 0 Å². The van der Waals surface area contributed by atoms with E-state index >= 15 is 0 Å². The molecule has 2 aromatic rings. The second-order valence-corrected chi connectivity index (χ2v) is 4.51. The third-order valence-electron chi connectivity index (χ3n) is 3.04. The molecule has 0 bridgehead atoms. The molecule has 1 aromatic carbocycles. The molecule has 0 saturated heterocycles. The van der Waals surface area contributed by atoms with Crippen molar-refractivity contribution >= 4 is 5.69 Å². The summed E-state index contributed by atoms with van der Waals surface area (Å²) in [5.41, 5.74) is 3.17. The first-order valence-electron chi connectivity index (χ1n) is 6.34. The molecular formula is C15H19FN2. The van der Waals surface area contributed by atoms with E-state index in [1.165, 1.54) is 11.8 Å². The Morgan fingerprint density at radius 2 is 2.11 bits per heavy atom. The van der Waals surface area contributed by atoms with Crippen LogP contribution in [0.15, 0.2) is 36.5 Å². The zero-order chi connectivity index (χ0) is 13.0.